The fourth-order valence-corrected chi connectivity index (χ4v) is 6.38. The van der Waals surface area contributed by atoms with Crippen LogP contribution in [0.3, 0.4) is 0 Å². The Morgan fingerprint density at radius 1 is 0.639 bits per heavy atom. The summed E-state index contributed by atoms with van der Waals surface area (Å²) in [7, 11) is 8.44. The molecule has 0 aliphatic carbocycles. The van der Waals surface area contributed by atoms with Crippen molar-refractivity contribution in [1.29, 1.82) is 0 Å². The van der Waals surface area contributed by atoms with Crippen LogP contribution < -0.4 is 0 Å². The number of unbranched alkanes of at least 4 members (excludes halogenated alkanes) is 5. The van der Waals surface area contributed by atoms with Crippen molar-refractivity contribution in [3.8, 4) is 0 Å². The summed E-state index contributed by atoms with van der Waals surface area (Å²) in [5.74, 6) is -0.161. The lowest BCUT2D eigenvalue weighted by atomic mass is 9.78. The van der Waals surface area contributed by atoms with Gasteiger partial charge in [-0.25, -0.2) is 0 Å². The average Bonchev–Trinajstić information content (AvgIpc) is 2.71. The van der Waals surface area contributed by atoms with E-state index in [9.17, 15) is 9.59 Å². The molecule has 208 valence electrons. The molecule has 36 heavy (non-hydrogen) atoms. The first-order valence-corrected chi connectivity index (χ1v) is 14.1. The number of esters is 2. The van der Waals surface area contributed by atoms with E-state index >= 15 is 0 Å². The van der Waals surface area contributed by atoms with Crippen LogP contribution in [0.25, 0.3) is 0 Å². The topological polar surface area (TPSA) is 59.1 Å². The third-order valence-corrected chi connectivity index (χ3v) is 8.64. The summed E-state index contributed by atoms with van der Waals surface area (Å²) in [5, 5.41) is 0. The van der Waals surface area contributed by atoms with E-state index in [-0.39, 0.29) is 46.3 Å². The van der Waals surface area contributed by atoms with Gasteiger partial charge >= 0.3 is 11.9 Å². The molecule has 6 nitrogen and oxygen atoms in total. The molecule has 2 aliphatic rings. The van der Waals surface area contributed by atoms with E-state index in [4.69, 9.17) is 16.5 Å². The fourth-order valence-electron chi connectivity index (χ4n) is 6.38. The van der Waals surface area contributed by atoms with Gasteiger partial charge in [0.05, 0.1) is 0 Å². The van der Waals surface area contributed by atoms with E-state index in [1.165, 1.54) is 0 Å². The normalized spacial score (nSPS) is 24.4. The van der Waals surface area contributed by atoms with Gasteiger partial charge in [-0.05, 0) is 75.3 Å². The summed E-state index contributed by atoms with van der Waals surface area (Å²) in [6.07, 6.45) is 10.1. The molecule has 2 rings (SSSR count). The van der Waals surface area contributed by atoms with Gasteiger partial charge in [0.1, 0.15) is 12.2 Å². The van der Waals surface area contributed by atoms with Crippen molar-refractivity contribution < 1.29 is 19.1 Å². The van der Waals surface area contributed by atoms with Crippen molar-refractivity contribution in [2.75, 3.05) is 7.05 Å². The van der Waals surface area contributed by atoms with E-state index in [0.29, 0.717) is 12.8 Å². The van der Waals surface area contributed by atoms with Crippen molar-refractivity contribution in [2.45, 2.75) is 167 Å². The van der Waals surface area contributed by atoms with Crippen LogP contribution in [0.1, 0.15) is 132 Å². The van der Waals surface area contributed by atoms with Crippen molar-refractivity contribution in [3.05, 3.63) is 7.05 Å². The van der Waals surface area contributed by atoms with Crippen LogP contribution in [-0.4, -0.2) is 63.1 Å². The van der Waals surface area contributed by atoms with E-state index in [2.05, 4.69) is 67.3 Å². The molecule has 0 atom stereocenters. The highest BCUT2D eigenvalue weighted by molar-refractivity contribution is 5.69. The minimum Gasteiger partial charge on any atom is -0.462 e. The number of piperidine rings is 2. The lowest BCUT2D eigenvalue weighted by molar-refractivity contribution is -0.159. The average molecular weight is 507 g/mol. The Kier molecular flexibility index (Phi) is 10.5. The molecule has 0 spiro atoms. The summed E-state index contributed by atoms with van der Waals surface area (Å²) < 4.78 is 11.7. The molecule has 2 saturated heterocycles. The van der Waals surface area contributed by atoms with Crippen molar-refractivity contribution in [3.63, 3.8) is 0 Å². The van der Waals surface area contributed by atoms with Gasteiger partial charge in [0, 0.05) is 67.7 Å². The molecule has 0 N–H and O–H groups in total. The van der Waals surface area contributed by atoms with Gasteiger partial charge in [-0.2, -0.15) is 0 Å². The zero-order valence-corrected chi connectivity index (χ0v) is 24.7. The SMILES string of the molecule is [CH]N1C(C)(C)CC(OC(=O)CCCCCCCCC(=O)OC2CC(C)(C)N(C)C(C)(C)C2)CC1(C)C. The molecule has 0 saturated carbocycles. The minimum atomic E-state index is -0.195. The Bertz CT molecular complexity index is 645. The zero-order chi connectivity index (χ0) is 27.4. The van der Waals surface area contributed by atoms with Crippen molar-refractivity contribution in [2.24, 2.45) is 0 Å². The third kappa shape index (κ3) is 8.72. The van der Waals surface area contributed by atoms with Gasteiger partial charge in [-0.1, -0.05) is 25.7 Å². The molecule has 6 heteroatoms. The molecule has 2 heterocycles. The third-order valence-electron chi connectivity index (χ3n) is 8.64. The Hall–Kier alpha value is -1.14. The molecule has 0 unspecified atom stereocenters. The molecule has 0 amide bonds. The first-order chi connectivity index (χ1) is 16.5. The predicted molar refractivity (Wildman–Crippen MR) is 145 cm³/mol. The Balaban J connectivity index is 1.54. The van der Waals surface area contributed by atoms with Crippen molar-refractivity contribution in [1.82, 2.24) is 9.80 Å². The predicted octanol–water partition coefficient (Wildman–Crippen LogP) is 6.54. The standard InChI is InChI=1S/C30H54N2O4/c1-27(2)19-23(20-28(3,4)31(27)9)35-25(33)17-15-13-11-12-14-16-18-26(34)36-24-21-29(5,6)32(10)30(7,8)22-24/h9,23-24H,11-22H2,1-8,10H3. The van der Waals surface area contributed by atoms with E-state index in [1.54, 1.807) is 0 Å². The van der Waals surface area contributed by atoms with E-state index in [0.717, 1.165) is 64.2 Å². The number of ether oxygens (including phenoxy) is 2. The van der Waals surface area contributed by atoms with Crippen LogP contribution in [0.4, 0.5) is 0 Å². The van der Waals surface area contributed by atoms with Gasteiger partial charge < -0.3 is 9.47 Å². The summed E-state index contributed by atoms with van der Waals surface area (Å²) in [5.41, 5.74) is -0.346. The van der Waals surface area contributed by atoms with Crippen LogP contribution in [-0.2, 0) is 19.1 Å². The largest absolute Gasteiger partial charge is 0.462 e. The molecule has 0 bridgehead atoms. The lowest BCUT2D eigenvalue weighted by Crippen LogP contribution is -2.60. The van der Waals surface area contributed by atoms with Crippen LogP contribution in [0, 0.1) is 7.05 Å². The smallest absolute Gasteiger partial charge is 0.306 e. The maximum absolute atomic E-state index is 12.4. The second-order valence-electron chi connectivity index (χ2n) is 13.8. The van der Waals surface area contributed by atoms with Crippen molar-refractivity contribution >= 4 is 11.9 Å². The van der Waals surface area contributed by atoms with Gasteiger partial charge in [-0.15, -0.1) is 0 Å². The second kappa shape index (κ2) is 12.1. The molecule has 2 fully saturated rings. The maximum Gasteiger partial charge on any atom is 0.306 e. The summed E-state index contributed by atoms with van der Waals surface area (Å²) in [6.45, 7) is 17.3. The Morgan fingerprint density at radius 3 is 1.31 bits per heavy atom. The lowest BCUT2D eigenvalue weighted by Gasteiger charge is -2.53. The van der Waals surface area contributed by atoms with Crippen LogP contribution >= 0.6 is 0 Å². The zero-order valence-electron chi connectivity index (χ0n) is 24.7. The van der Waals surface area contributed by atoms with Crippen LogP contribution in [0.15, 0.2) is 0 Å². The number of carbonyl (C=O) groups is 2. The molecule has 2 aliphatic heterocycles. The van der Waals surface area contributed by atoms with Crippen LogP contribution in [0.5, 0.6) is 0 Å². The second-order valence-corrected chi connectivity index (χ2v) is 13.8. The maximum atomic E-state index is 12.4. The number of carbonyl (C=O) groups excluding carboxylic acids is 2. The first kappa shape index (κ1) is 31.1. The highest BCUT2D eigenvalue weighted by Gasteiger charge is 2.45. The number of nitrogens with zero attached hydrogens (tertiary/aromatic N) is 2. The van der Waals surface area contributed by atoms with Crippen LogP contribution in [0.2, 0.25) is 0 Å². The number of rotatable bonds is 11. The van der Waals surface area contributed by atoms with E-state index in [1.807, 2.05) is 4.90 Å². The minimum absolute atomic E-state index is 0.00143. The molecular formula is C30H54N2O4. The highest BCUT2D eigenvalue weighted by Crippen LogP contribution is 2.39. The number of hydrogen-bond acceptors (Lipinski definition) is 6. The molecule has 0 aromatic carbocycles. The first-order valence-electron chi connectivity index (χ1n) is 14.1. The van der Waals surface area contributed by atoms with Gasteiger partial charge in [0.15, 0.2) is 0 Å². The fraction of sp³-hybridized carbons (Fsp3) is 0.900. The van der Waals surface area contributed by atoms with E-state index < -0.39 is 0 Å². The quantitative estimate of drug-likeness (QED) is 0.234. The van der Waals surface area contributed by atoms with Gasteiger partial charge in [0.2, 0.25) is 0 Å². The molecule has 2 radical (unpaired) electrons. The summed E-state index contributed by atoms with van der Waals surface area (Å²) >= 11 is 0. The number of hydrogen-bond donors (Lipinski definition) is 0. The summed E-state index contributed by atoms with van der Waals surface area (Å²) in [4.78, 5) is 29.1. The highest BCUT2D eigenvalue weighted by atomic mass is 16.5. The molecule has 0 aromatic rings. The Labute approximate surface area is 221 Å². The monoisotopic (exact) mass is 506 g/mol. The summed E-state index contributed by atoms with van der Waals surface area (Å²) in [6, 6.07) is 0. The molecule has 0 aromatic heterocycles. The van der Waals surface area contributed by atoms with Gasteiger partial charge in [-0.3, -0.25) is 19.4 Å². The molecular weight excluding hydrogens is 452 g/mol. The number of likely N-dealkylation sites (tertiary alicyclic amines) is 2. The Morgan fingerprint density at radius 2 is 0.944 bits per heavy atom. The van der Waals surface area contributed by atoms with Gasteiger partial charge in [0.25, 0.3) is 0 Å².